The van der Waals surface area contributed by atoms with E-state index in [1.54, 1.807) is 12.5 Å². The van der Waals surface area contributed by atoms with Crippen LogP contribution in [-0.4, -0.2) is 35.6 Å². The molecule has 2 N–H and O–H groups in total. The number of aliphatic hydroxyl groups excluding tert-OH is 1. The average Bonchev–Trinajstić information content (AvgIpc) is 3.31. The summed E-state index contributed by atoms with van der Waals surface area (Å²) in [6.07, 6.45) is 5.36. The zero-order valence-electron chi connectivity index (χ0n) is 16.1. The number of hydrogen-bond acceptors (Lipinski definition) is 7. The van der Waals surface area contributed by atoms with Crippen LogP contribution in [0.25, 0.3) is 27.1 Å². The molecule has 0 spiro atoms. The minimum absolute atomic E-state index is 0.0365. The number of anilines is 1. The van der Waals surface area contributed by atoms with Crippen LogP contribution in [0.2, 0.25) is 0 Å². The van der Waals surface area contributed by atoms with E-state index in [1.165, 1.54) is 11.3 Å². The van der Waals surface area contributed by atoms with Gasteiger partial charge in [-0.3, -0.25) is 14.2 Å². The summed E-state index contributed by atoms with van der Waals surface area (Å²) in [5.41, 5.74) is 4.89. The lowest BCUT2D eigenvalue weighted by molar-refractivity contribution is -0.117. The van der Waals surface area contributed by atoms with Gasteiger partial charge in [-0.25, -0.2) is 4.98 Å². The van der Waals surface area contributed by atoms with Crippen LogP contribution in [0.15, 0.2) is 24.7 Å². The molecule has 1 aliphatic rings. The van der Waals surface area contributed by atoms with Crippen molar-refractivity contribution in [3.63, 3.8) is 0 Å². The first-order valence-corrected chi connectivity index (χ1v) is 10.5. The predicted octanol–water partition coefficient (Wildman–Crippen LogP) is 3.50. The highest BCUT2D eigenvalue weighted by Gasteiger charge is 2.30. The van der Waals surface area contributed by atoms with Gasteiger partial charge in [0.15, 0.2) is 10.8 Å². The van der Waals surface area contributed by atoms with Crippen molar-refractivity contribution in [3.8, 4) is 11.1 Å². The van der Waals surface area contributed by atoms with Crippen LogP contribution in [0.5, 0.6) is 0 Å². The quantitative estimate of drug-likeness (QED) is 0.524. The molecular formula is C20H20N6O2S. The Morgan fingerprint density at radius 2 is 2.21 bits per heavy atom. The lowest BCUT2D eigenvalue weighted by Gasteiger charge is -2.12. The Morgan fingerprint density at radius 3 is 2.93 bits per heavy atom. The molecule has 0 aliphatic heterocycles. The number of carbonyl (C=O) groups is 1. The van der Waals surface area contributed by atoms with Crippen molar-refractivity contribution in [2.45, 2.75) is 39.2 Å². The molecule has 1 aliphatic carbocycles. The molecule has 4 aromatic heterocycles. The predicted molar refractivity (Wildman–Crippen MR) is 111 cm³/mol. The van der Waals surface area contributed by atoms with Gasteiger partial charge in [0.2, 0.25) is 5.91 Å². The van der Waals surface area contributed by atoms with E-state index in [0.717, 1.165) is 39.9 Å². The molecule has 1 fully saturated rings. The molecule has 4 heterocycles. The first kappa shape index (κ1) is 18.1. The number of nitrogens with one attached hydrogen (secondary N) is 1. The zero-order chi connectivity index (χ0) is 20.1. The van der Waals surface area contributed by atoms with Gasteiger partial charge >= 0.3 is 0 Å². The maximum atomic E-state index is 12.1. The smallest absolute Gasteiger partial charge is 0.229 e. The summed E-state index contributed by atoms with van der Waals surface area (Å²) in [6, 6.07) is 3.87. The van der Waals surface area contributed by atoms with Crippen LogP contribution in [0.3, 0.4) is 0 Å². The lowest BCUT2D eigenvalue weighted by Crippen LogP contribution is -2.12. The van der Waals surface area contributed by atoms with Crippen LogP contribution in [0.4, 0.5) is 5.13 Å². The third-order valence-electron chi connectivity index (χ3n) is 5.25. The molecule has 1 atom stereocenters. The number of thiazole rings is 1. The van der Waals surface area contributed by atoms with Crippen LogP contribution in [-0.2, 0) is 4.79 Å². The summed E-state index contributed by atoms with van der Waals surface area (Å²) >= 11 is 1.41. The summed E-state index contributed by atoms with van der Waals surface area (Å²) in [5, 5.41) is 22.0. The topological polar surface area (TPSA) is 105 Å². The van der Waals surface area contributed by atoms with Crippen molar-refractivity contribution < 1.29 is 9.90 Å². The summed E-state index contributed by atoms with van der Waals surface area (Å²) in [5.74, 6) is 0.160. The Morgan fingerprint density at radius 1 is 1.38 bits per heavy atom. The molecule has 148 valence electrons. The third-order valence-corrected chi connectivity index (χ3v) is 6.24. The second-order valence-electron chi connectivity index (χ2n) is 7.40. The number of aliphatic hydroxyl groups is 1. The lowest BCUT2D eigenvalue weighted by atomic mass is 10.0. The number of amides is 1. The van der Waals surface area contributed by atoms with Crippen molar-refractivity contribution in [2.24, 2.45) is 5.92 Å². The Hall–Kier alpha value is -2.91. The largest absolute Gasteiger partial charge is 0.387 e. The Labute approximate surface area is 170 Å². The van der Waals surface area contributed by atoms with Gasteiger partial charge in [0, 0.05) is 23.2 Å². The standard InChI is InChI=1S/C20H20N6O2S/c1-3-16(27)14-6-10(2)13(8-21-14)12-7-15-19(26-9-22-25-17(12)26)29-20(23-15)24-18(28)11-4-5-11/h6-9,11,16,27H,3-5H2,1-2H3,(H,23,24,28). The third kappa shape index (κ3) is 3.16. The van der Waals surface area contributed by atoms with Crippen LogP contribution in [0.1, 0.15) is 43.5 Å². The second-order valence-corrected chi connectivity index (χ2v) is 8.38. The van der Waals surface area contributed by atoms with Crippen molar-refractivity contribution in [2.75, 3.05) is 5.32 Å². The zero-order valence-corrected chi connectivity index (χ0v) is 16.9. The van der Waals surface area contributed by atoms with Crippen molar-refractivity contribution >= 4 is 38.4 Å². The van der Waals surface area contributed by atoms with E-state index < -0.39 is 6.10 Å². The van der Waals surface area contributed by atoms with E-state index in [-0.39, 0.29) is 11.8 Å². The first-order chi connectivity index (χ1) is 14.0. The monoisotopic (exact) mass is 408 g/mol. The van der Waals surface area contributed by atoms with Gasteiger partial charge in [0.25, 0.3) is 0 Å². The Bertz CT molecular complexity index is 1240. The van der Waals surface area contributed by atoms with Crippen LogP contribution in [0, 0.1) is 12.8 Å². The number of nitrogens with zero attached hydrogens (tertiary/aromatic N) is 5. The van der Waals surface area contributed by atoms with E-state index >= 15 is 0 Å². The number of aryl methyl sites for hydroxylation is 1. The maximum absolute atomic E-state index is 12.1. The van der Waals surface area contributed by atoms with Gasteiger partial charge in [-0.15, -0.1) is 10.2 Å². The highest BCUT2D eigenvalue weighted by molar-refractivity contribution is 7.22. The van der Waals surface area contributed by atoms with Gasteiger partial charge in [0.1, 0.15) is 16.7 Å². The molecule has 5 rings (SSSR count). The number of pyridine rings is 2. The average molecular weight is 408 g/mol. The van der Waals surface area contributed by atoms with Gasteiger partial charge < -0.3 is 10.4 Å². The number of aromatic nitrogens is 5. The molecule has 0 aromatic carbocycles. The maximum Gasteiger partial charge on any atom is 0.229 e. The van der Waals surface area contributed by atoms with E-state index in [2.05, 4.69) is 25.5 Å². The molecule has 4 aromatic rings. The molecule has 0 bridgehead atoms. The fourth-order valence-corrected chi connectivity index (χ4v) is 4.33. The van der Waals surface area contributed by atoms with Gasteiger partial charge in [0.05, 0.1) is 11.8 Å². The number of hydrogen-bond donors (Lipinski definition) is 2. The van der Waals surface area contributed by atoms with Crippen molar-refractivity contribution in [1.29, 1.82) is 0 Å². The molecule has 8 nitrogen and oxygen atoms in total. The summed E-state index contributed by atoms with van der Waals surface area (Å²) in [4.78, 5) is 22.0. The fraction of sp³-hybridized carbons (Fsp3) is 0.350. The Kier molecular flexibility index (Phi) is 4.29. The molecule has 9 heteroatoms. The molecule has 1 saturated carbocycles. The van der Waals surface area contributed by atoms with Crippen LogP contribution >= 0.6 is 11.3 Å². The minimum Gasteiger partial charge on any atom is -0.387 e. The number of rotatable bonds is 5. The SMILES string of the molecule is CCC(O)c1cc(C)c(-c2cc3nc(NC(=O)C4CC4)sc3n3cnnc23)cn1. The number of fused-ring (bicyclic) bond motifs is 3. The highest BCUT2D eigenvalue weighted by Crippen LogP contribution is 2.36. The van der Waals surface area contributed by atoms with Crippen LogP contribution < -0.4 is 5.32 Å². The van der Waals surface area contributed by atoms with Gasteiger partial charge in [-0.2, -0.15) is 0 Å². The molecule has 1 amide bonds. The highest BCUT2D eigenvalue weighted by atomic mass is 32.1. The van der Waals surface area contributed by atoms with Crippen molar-refractivity contribution in [1.82, 2.24) is 24.6 Å². The first-order valence-electron chi connectivity index (χ1n) is 9.64. The van der Waals surface area contributed by atoms with E-state index in [9.17, 15) is 9.90 Å². The molecule has 29 heavy (non-hydrogen) atoms. The van der Waals surface area contributed by atoms with Gasteiger partial charge in [-0.1, -0.05) is 18.3 Å². The van der Waals surface area contributed by atoms with Gasteiger partial charge in [-0.05, 0) is 43.9 Å². The molecule has 0 saturated heterocycles. The molecule has 0 radical (unpaired) electrons. The summed E-state index contributed by atoms with van der Waals surface area (Å²) in [7, 11) is 0. The summed E-state index contributed by atoms with van der Waals surface area (Å²) in [6.45, 7) is 3.91. The number of carbonyl (C=O) groups excluding carboxylic acids is 1. The molecular weight excluding hydrogens is 388 g/mol. The second kappa shape index (κ2) is 6.85. The minimum atomic E-state index is -0.575. The Balaban J connectivity index is 1.62. The molecule has 1 unspecified atom stereocenters. The van der Waals surface area contributed by atoms with E-state index in [1.807, 2.05) is 30.4 Å². The fourth-order valence-electron chi connectivity index (χ4n) is 3.41. The van der Waals surface area contributed by atoms with E-state index in [0.29, 0.717) is 22.9 Å². The normalized spacial score (nSPS) is 15.1. The van der Waals surface area contributed by atoms with E-state index in [4.69, 9.17) is 0 Å². The summed E-state index contributed by atoms with van der Waals surface area (Å²) < 4.78 is 1.89. The van der Waals surface area contributed by atoms with Crippen molar-refractivity contribution in [3.05, 3.63) is 35.9 Å².